The van der Waals surface area contributed by atoms with Gasteiger partial charge < -0.3 is 9.64 Å². The molecule has 22 heavy (non-hydrogen) atoms. The van der Waals surface area contributed by atoms with Crippen molar-refractivity contribution >= 4 is 21.8 Å². The number of hydrogen-bond donors (Lipinski definition) is 0. The molecule has 1 aliphatic rings. The molecule has 0 radical (unpaired) electrons. The second-order valence-electron chi connectivity index (χ2n) is 6.84. The first-order valence-corrected chi connectivity index (χ1v) is 8.77. The maximum absolute atomic E-state index is 13.1. The molecule has 0 spiro atoms. The van der Waals surface area contributed by atoms with Gasteiger partial charge in [-0.3, -0.25) is 4.79 Å². The Labute approximate surface area is 142 Å². The van der Waals surface area contributed by atoms with E-state index in [0.717, 1.165) is 5.75 Å². The van der Waals surface area contributed by atoms with Crippen molar-refractivity contribution in [1.82, 2.24) is 4.90 Å². The number of nitrogens with zero attached hydrogens (tertiary/aromatic N) is 1. The van der Waals surface area contributed by atoms with Gasteiger partial charge in [0, 0.05) is 22.8 Å². The number of amides is 1. The summed E-state index contributed by atoms with van der Waals surface area (Å²) in [6.07, 6.45) is 0. The molecule has 0 aliphatic heterocycles. The van der Waals surface area contributed by atoms with Crippen LogP contribution in [-0.2, 0) is 4.79 Å². The van der Waals surface area contributed by atoms with Crippen LogP contribution in [0.5, 0.6) is 5.75 Å². The second-order valence-corrected chi connectivity index (χ2v) is 7.82. The molecule has 0 saturated heterocycles. The van der Waals surface area contributed by atoms with Crippen LogP contribution in [0.3, 0.4) is 0 Å². The first kappa shape index (κ1) is 17.3. The summed E-state index contributed by atoms with van der Waals surface area (Å²) in [6, 6.07) is 8.46. The van der Waals surface area contributed by atoms with Gasteiger partial charge >= 0.3 is 0 Å². The van der Waals surface area contributed by atoms with Gasteiger partial charge in [-0.1, -0.05) is 28.1 Å². The minimum atomic E-state index is -0.372. The third-order valence-corrected chi connectivity index (χ3v) is 6.17. The smallest absolute Gasteiger partial charge is 0.230 e. The molecule has 3 nitrogen and oxygen atoms in total. The van der Waals surface area contributed by atoms with Crippen LogP contribution in [0.2, 0.25) is 0 Å². The van der Waals surface area contributed by atoms with Crippen molar-refractivity contribution in [3.05, 3.63) is 29.8 Å². The van der Waals surface area contributed by atoms with Gasteiger partial charge in [0.15, 0.2) is 0 Å². The second kappa shape index (κ2) is 6.23. The van der Waals surface area contributed by atoms with Crippen LogP contribution < -0.4 is 4.74 Å². The third kappa shape index (κ3) is 2.78. The number of hydrogen-bond acceptors (Lipinski definition) is 2. The Kier molecular flexibility index (Phi) is 4.90. The molecule has 0 bridgehead atoms. The van der Waals surface area contributed by atoms with E-state index in [1.807, 2.05) is 17.0 Å². The van der Waals surface area contributed by atoms with Gasteiger partial charge in [0.05, 0.1) is 12.5 Å². The highest BCUT2D eigenvalue weighted by Gasteiger charge is 2.66. The summed E-state index contributed by atoms with van der Waals surface area (Å²) in [5, 5.41) is 0. The predicted molar refractivity (Wildman–Crippen MR) is 93.7 cm³/mol. The molecule has 0 unspecified atom stereocenters. The lowest BCUT2D eigenvalue weighted by Gasteiger charge is -2.33. The van der Waals surface area contributed by atoms with Gasteiger partial charge in [0.25, 0.3) is 0 Å². The minimum Gasteiger partial charge on any atom is -0.497 e. The molecular weight excluding hydrogens is 342 g/mol. The summed E-state index contributed by atoms with van der Waals surface area (Å²) in [5.74, 6) is 1.29. The van der Waals surface area contributed by atoms with Gasteiger partial charge in [-0.25, -0.2) is 0 Å². The zero-order chi connectivity index (χ0) is 16.7. The minimum absolute atomic E-state index is 0.181. The largest absolute Gasteiger partial charge is 0.497 e. The van der Waals surface area contributed by atoms with E-state index in [0.29, 0.717) is 0 Å². The van der Waals surface area contributed by atoms with Crippen molar-refractivity contribution in [2.24, 2.45) is 5.41 Å². The maximum Gasteiger partial charge on any atom is 0.230 e. The molecule has 3 atom stereocenters. The van der Waals surface area contributed by atoms with Gasteiger partial charge in [-0.05, 0) is 52.3 Å². The van der Waals surface area contributed by atoms with Crippen molar-refractivity contribution in [2.45, 2.75) is 57.4 Å². The number of methoxy groups -OCH3 is 1. The Hall–Kier alpha value is -1.03. The average molecular weight is 368 g/mol. The third-order valence-electron chi connectivity index (χ3n) is 4.69. The molecule has 1 saturated carbocycles. The molecule has 1 fully saturated rings. The molecule has 0 N–H and O–H groups in total. The molecule has 1 aromatic rings. The number of carbonyl (C=O) groups excluding carboxylic acids is 1. The van der Waals surface area contributed by atoms with Crippen molar-refractivity contribution in [2.75, 3.05) is 7.11 Å². The summed E-state index contributed by atoms with van der Waals surface area (Å²) < 4.78 is 5.21. The quantitative estimate of drug-likeness (QED) is 0.729. The molecule has 122 valence electrons. The highest BCUT2D eigenvalue weighted by Crippen LogP contribution is 2.64. The van der Waals surface area contributed by atoms with Crippen LogP contribution in [0.25, 0.3) is 0 Å². The maximum atomic E-state index is 13.1. The van der Waals surface area contributed by atoms with E-state index in [1.165, 1.54) is 5.56 Å². The Morgan fingerprint density at radius 1 is 1.18 bits per heavy atom. The van der Waals surface area contributed by atoms with Crippen LogP contribution in [0.1, 0.15) is 46.1 Å². The van der Waals surface area contributed by atoms with E-state index in [4.69, 9.17) is 4.74 Å². The summed E-state index contributed by atoms with van der Waals surface area (Å²) in [4.78, 5) is 15.3. The first-order valence-electron chi connectivity index (χ1n) is 7.85. The zero-order valence-corrected chi connectivity index (χ0v) is 15.8. The lowest BCUT2D eigenvalue weighted by atomic mass is 9.98. The molecule has 1 aromatic carbocycles. The Balaban J connectivity index is 2.25. The molecule has 1 amide bonds. The highest BCUT2D eigenvalue weighted by atomic mass is 79.9. The zero-order valence-electron chi connectivity index (χ0n) is 14.3. The number of benzene rings is 1. The fraction of sp³-hybridized carbons (Fsp3) is 0.611. The van der Waals surface area contributed by atoms with Gasteiger partial charge in [-0.15, -0.1) is 0 Å². The van der Waals surface area contributed by atoms with E-state index in [2.05, 4.69) is 62.7 Å². The van der Waals surface area contributed by atoms with E-state index in [1.54, 1.807) is 7.11 Å². The number of halogens is 1. The standard InChI is InChI=1S/C18H26BrNO2/c1-11(2)20(12(3)4)17(21)18(5)15(16(18)19)13-7-9-14(22-6)10-8-13/h7-12,15-16H,1-6H3/t15-,16-,18+/m0/s1. The fourth-order valence-electron chi connectivity index (χ4n) is 3.38. The molecule has 4 heteroatoms. The van der Waals surface area contributed by atoms with Gasteiger partial charge in [-0.2, -0.15) is 0 Å². The normalized spacial score (nSPS) is 27.1. The SMILES string of the molecule is COc1ccc([C@H]2[C@H](Br)[C@]2(C)C(=O)N(C(C)C)C(C)C)cc1. The van der Waals surface area contributed by atoms with Crippen molar-refractivity contribution in [3.63, 3.8) is 0 Å². The predicted octanol–water partition coefficient (Wildman–Crippen LogP) is 4.21. The van der Waals surface area contributed by atoms with Crippen LogP contribution in [0.4, 0.5) is 0 Å². The molecule has 0 aromatic heterocycles. The fourth-order valence-corrected chi connectivity index (χ4v) is 4.56. The van der Waals surface area contributed by atoms with E-state index >= 15 is 0 Å². The van der Waals surface area contributed by atoms with E-state index < -0.39 is 0 Å². The highest BCUT2D eigenvalue weighted by molar-refractivity contribution is 9.09. The molecule has 1 aliphatic carbocycles. The topological polar surface area (TPSA) is 29.5 Å². The number of rotatable bonds is 5. The Morgan fingerprint density at radius 3 is 2.09 bits per heavy atom. The molecule has 2 rings (SSSR count). The number of alkyl halides is 1. The Morgan fingerprint density at radius 2 is 1.68 bits per heavy atom. The van der Waals surface area contributed by atoms with Crippen molar-refractivity contribution in [1.29, 1.82) is 0 Å². The van der Waals surface area contributed by atoms with E-state index in [9.17, 15) is 4.79 Å². The van der Waals surface area contributed by atoms with Crippen LogP contribution in [0.15, 0.2) is 24.3 Å². The molecule has 0 heterocycles. The van der Waals surface area contributed by atoms with E-state index in [-0.39, 0.29) is 34.2 Å². The average Bonchev–Trinajstić information content (AvgIpc) is 3.01. The monoisotopic (exact) mass is 367 g/mol. The number of carbonyl (C=O) groups is 1. The first-order chi connectivity index (χ1) is 10.2. The molecular formula is C18H26BrNO2. The summed E-state index contributed by atoms with van der Waals surface area (Å²) in [5.41, 5.74) is 0.814. The Bertz CT molecular complexity index is 533. The summed E-state index contributed by atoms with van der Waals surface area (Å²) >= 11 is 3.73. The summed E-state index contributed by atoms with van der Waals surface area (Å²) in [6.45, 7) is 10.4. The number of ether oxygens (including phenoxy) is 1. The van der Waals surface area contributed by atoms with Crippen molar-refractivity contribution in [3.8, 4) is 5.75 Å². The summed E-state index contributed by atoms with van der Waals surface area (Å²) in [7, 11) is 1.66. The van der Waals surface area contributed by atoms with Crippen molar-refractivity contribution < 1.29 is 9.53 Å². The lowest BCUT2D eigenvalue weighted by molar-refractivity contribution is -0.140. The van der Waals surface area contributed by atoms with Gasteiger partial charge in [0.2, 0.25) is 5.91 Å². The van der Waals surface area contributed by atoms with Crippen LogP contribution in [-0.4, -0.2) is 34.8 Å². The van der Waals surface area contributed by atoms with Crippen LogP contribution >= 0.6 is 15.9 Å². The van der Waals surface area contributed by atoms with Crippen LogP contribution in [0, 0.1) is 5.41 Å². The lowest BCUT2D eigenvalue weighted by Crippen LogP contribution is -2.46. The van der Waals surface area contributed by atoms with Gasteiger partial charge in [0.1, 0.15) is 5.75 Å².